The largest absolute Gasteiger partial charge is 0.742 e. The van der Waals surface area contributed by atoms with Crippen molar-refractivity contribution < 1.29 is 9.84 Å². The van der Waals surface area contributed by atoms with Crippen LogP contribution >= 0.6 is 12.2 Å². The maximum Gasteiger partial charge on any atom is 0.259 e. The van der Waals surface area contributed by atoms with Crippen LogP contribution in [0.2, 0.25) is 0 Å². The first-order chi connectivity index (χ1) is 12.0. The van der Waals surface area contributed by atoms with Gasteiger partial charge in [-0.15, -0.1) is 0 Å². The Morgan fingerprint density at radius 2 is 1.81 bits per heavy atom. The second-order valence-electron chi connectivity index (χ2n) is 5.33. The number of nitrogens with zero attached hydrogens (tertiary/aromatic N) is 1. The van der Waals surface area contributed by atoms with Gasteiger partial charge in [0.25, 0.3) is 11.1 Å². The van der Waals surface area contributed by atoms with Crippen molar-refractivity contribution in [2.24, 2.45) is 0 Å². The molecule has 1 unspecified atom stereocenters. The Balaban J connectivity index is 0.00000196. The minimum Gasteiger partial charge on any atom is -0.742 e. The highest BCUT2D eigenvalue weighted by Crippen LogP contribution is 2.45. The van der Waals surface area contributed by atoms with Gasteiger partial charge in [-0.25, -0.2) is 4.98 Å². The van der Waals surface area contributed by atoms with Gasteiger partial charge >= 0.3 is 0 Å². The SMILES string of the molecule is O=c1[nH]c([S-])nc2c1C(c1c(O)[nH]c(=S)[nH]c1=O)c1ccccc1O2.[NH4+]. The Bertz CT molecular complexity index is 1180. The fourth-order valence-electron chi connectivity index (χ4n) is 2.90. The molecular formula is C15H13N5O4S2. The Hall–Kier alpha value is -3.02. The summed E-state index contributed by atoms with van der Waals surface area (Å²) in [5.41, 5.74) is -0.606. The fourth-order valence-corrected chi connectivity index (χ4v) is 3.26. The number of nitrogens with one attached hydrogen (secondary N) is 3. The summed E-state index contributed by atoms with van der Waals surface area (Å²) in [6, 6.07) is 6.85. The van der Waals surface area contributed by atoms with Crippen molar-refractivity contribution in [3.05, 3.63) is 66.4 Å². The maximum atomic E-state index is 12.5. The van der Waals surface area contributed by atoms with Gasteiger partial charge in [0, 0.05) is 5.56 Å². The van der Waals surface area contributed by atoms with Crippen LogP contribution in [0.3, 0.4) is 0 Å². The van der Waals surface area contributed by atoms with E-state index in [-0.39, 0.29) is 33.1 Å². The van der Waals surface area contributed by atoms with Crippen LogP contribution in [0.1, 0.15) is 22.6 Å². The molecule has 1 atom stereocenters. The van der Waals surface area contributed by atoms with Crippen molar-refractivity contribution in [2.75, 3.05) is 0 Å². The Kier molecular flexibility index (Phi) is 4.36. The molecule has 1 aliphatic rings. The molecule has 3 aromatic rings. The molecular weight excluding hydrogens is 378 g/mol. The molecule has 9 nitrogen and oxygen atoms in total. The predicted molar refractivity (Wildman–Crippen MR) is 97.8 cm³/mol. The lowest BCUT2D eigenvalue weighted by atomic mass is 9.85. The van der Waals surface area contributed by atoms with E-state index in [4.69, 9.17) is 29.6 Å². The molecule has 3 heterocycles. The number of aromatic nitrogens is 4. The van der Waals surface area contributed by atoms with Crippen LogP contribution in [0.4, 0.5) is 0 Å². The van der Waals surface area contributed by atoms with Crippen LogP contribution in [0, 0.1) is 4.77 Å². The highest BCUT2D eigenvalue weighted by Gasteiger charge is 2.35. The van der Waals surface area contributed by atoms with E-state index >= 15 is 0 Å². The summed E-state index contributed by atoms with van der Waals surface area (Å²) in [6.45, 7) is 0. The van der Waals surface area contributed by atoms with Crippen LogP contribution in [-0.2, 0) is 12.6 Å². The zero-order valence-electron chi connectivity index (χ0n) is 13.3. The first-order valence-corrected chi connectivity index (χ1v) is 7.91. The molecule has 0 amide bonds. The second-order valence-corrected chi connectivity index (χ2v) is 6.13. The highest BCUT2D eigenvalue weighted by molar-refractivity contribution is 7.71. The predicted octanol–water partition coefficient (Wildman–Crippen LogP) is 1.79. The third kappa shape index (κ3) is 2.67. The Morgan fingerprint density at radius 3 is 2.54 bits per heavy atom. The van der Waals surface area contributed by atoms with Crippen molar-refractivity contribution in [1.29, 1.82) is 0 Å². The van der Waals surface area contributed by atoms with E-state index in [1.54, 1.807) is 24.3 Å². The van der Waals surface area contributed by atoms with Gasteiger partial charge in [0.05, 0.1) is 17.0 Å². The number of hydrogen-bond donors (Lipinski definition) is 5. The van der Waals surface area contributed by atoms with E-state index in [9.17, 15) is 14.7 Å². The molecule has 2 aromatic heterocycles. The molecule has 134 valence electrons. The van der Waals surface area contributed by atoms with Crippen molar-refractivity contribution in [1.82, 2.24) is 26.1 Å². The van der Waals surface area contributed by atoms with E-state index in [1.807, 2.05) is 0 Å². The van der Waals surface area contributed by atoms with Crippen LogP contribution in [0.5, 0.6) is 17.5 Å². The zero-order chi connectivity index (χ0) is 17.7. The topological polar surface area (TPSA) is 160 Å². The molecule has 0 aliphatic carbocycles. The smallest absolute Gasteiger partial charge is 0.259 e. The molecule has 0 bridgehead atoms. The van der Waals surface area contributed by atoms with Crippen LogP contribution in [0.15, 0.2) is 39.0 Å². The summed E-state index contributed by atoms with van der Waals surface area (Å²) in [4.78, 5) is 36.3. The summed E-state index contributed by atoms with van der Waals surface area (Å²) < 4.78 is 5.64. The Morgan fingerprint density at radius 1 is 1.12 bits per heavy atom. The van der Waals surface area contributed by atoms with E-state index in [0.717, 1.165) is 0 Å². The van der Waals surface area contributed by atoms with Crippen molar-refractivity contribution in [3.8, 4) is 17.5 Å². The first kappa shape index (κ1) is 17.8. The number of hydrogen-bond acceptors (Lipinski definition) is 7. The molecule has 1 aromatic carbocycles. The van der Waals surface area contributed by atoms with E-state index in [2.05, 4.69) is 19.9 Å². The highest BCUT2D eigenvalue weighted by atomic mass is 32.1. The number of aromatic amines is 3. The van der Waals surface area contributed by atoms with Crippen molar-refractivity contribution in [2.45, 2.75) is 11.1 Å². The lowest BCUT2D eigenvalue weighted by Crippen LogP contribution is -2.28. The van der Waals surface area contributed by atoms with Crippen LogP contribution in [-0.4, -0.2) is 25.0 Å². The number of benzene rings is 1. The summed E-state index contributed by atoms with van der Waals surface area (Å²) in [6.07, 6.45) is 0. The number of fused-ring (bicyclic) bond motifs is 2. The van der Waals surface area contributed by atoms with Gasteiger partial charge in [-0.3, -0.25) is 14.6 Å². The van der Waals surface area contributed by atoms with Gasteiger partial charge in [-0.2, -0.15) is 0 Å². The summed E-state index contributed by atoms with van der Waals surface area (Å²) in [5.74, 6) is -0.918. The molecule has 11 heteroatoms. The number of H-pyrrole nitrogens is 3. The van der Waals surface area contributed by atoms with Gasteiger partial charge in [0.1, 0.15) is 5.75 Å². The third-order valence-electron chi connectivity index (χ3n) is 3.87. The third-order valence-corrected chi connectivity index (χ3v) is 4.27. The number of ether oxygens (including phenoxy) is 1. The van der Waals surface area contributed by atoms with Gasteiger partial charge in [0.15, 0.2) is 10.7 Å². The van der Waals surface area contributed by atoms with Crippen LogP contribution in [0.25, 0.3) is 0 Å². The van der Waals surface area contributed by atoms with Crippen molar-refractivity contribution in [3.63, 3.8) is 0 Å². The average Bonchev–Trinajstić information content (AvgIpc) is 2.52. The molecule has 0 spiro atoms. The van der Waals surface area contributed by atoms with Crippen LogP contribution < -0.4 is 22.0 Å². The zero-order valence-corrected chi connectivity index (χ0v) is 15.0. The molecule has 8 N–H and O–H groups in total. The second kappa shape index (κ2) is 6.37. The number of para-hydroxylation sites is 1. The van der Waals surface area contributed by atoms with Gasteiger partial charge in [0.2, 0.25) is 5.88 Å². The summed E-state index contributed by atoms with van der Waals surface area (Å²) in [7, 11) is 0. The molecule has 1 aliphatic heterocycles. The number of rotatable bonds is 1. The van der Waals surface area contributed by atoms with Gasteiger partial charge in [-0.05, 0) is 23.4 Å². The molecule has 0 saturated heterocycles. The molecule has 4 rings (SSSR count). The summed E-state index contributed by atoms with van der Waals surface area (Å²) in [5, 5.41) is 10.3. The number of quaternary nitrogens is 1. The first-order valence-electron chi connectivity index (χ1n) is 7.09. The minimum atomic E-state index is -0.901. The maximum absolute atomic E-state index is 12.5. The quantitative estimate of drug-likeness (QED) is 0.188. The van der Waals surface area contributed by atoms with Gasteiger partial charge in [-0.1, -0.05) is 18.2 Å². The molecule has 0 radical (unpaired) electrons. The normalized spacial score (nSPS) is 14.5. The molecule has 0 fully saturated rings. The monoisotopic (exact) mass is 391 g/mol. The fraction of sp³-hybridized carbons (Fsp3) is 0.0667. The molecule has 26 heavy (non-hydrogen) atoms. The number of aromatic hydroxyl groups is 1. The lowest BCUT2D eigenvalue weighted by Gasteiger charge is -2.27. The Labute approximate surface area is 156 Å². The van der Waals surface area contributed by atoms with E-state index in [1.165, 1.54) is 0 Å². The van der Waals surface area contributed by atoms with E-state index in [0.29, 0.717) is 11.3 Å². The minimum absolute atomic E-state index is 0. The average molecular weight is 391 g/mol. The summed E-state index contributed by atoms with van der Waals surface area (Å²) >= 11 is 9.78. The standard InChI is InChI=1S/C15H10N4O4S2.H3N/c20-10-8(11(21)17-14(24)16-10)7-5-3-1-2-4-6(5)23-13-9(7)12(22)18-15(25)19-13;/h1-4,7H,(H2,18,19,22,25)(H3,16,17,20,21,24);1H3. The van der Waals surface area contributed by atoms with Crippen molar-refractivity contribution >= 4 is 24.8 Å². The van der Waals surface area contributed by atoms with Gasteiger partial charge < -0.3 is 38.6 Å². The van der Waals surface area contributed by atoms with E-state index < -0.39 is 22.9 Å². The lowest BCUT2D eigenvalue weighted by molar-refractivity contribution is 0.413. The molecule has 0 saturated carbocycles.